The van der Waals surface area contributed by atoms with Gasteiger partial charge in [0.25, 0.3) is 5.91 Å². The third-order valence-electron chi connectivity index (χ3n) is 4.97. The molecule has 0 unspecified atom stereocenters. The average molecular weight is 409 g/mol. The van der Waals surface area contributed by atoms with Crippen LogP contribution in [0.4, 0.5) is 11.4 Å². The molecule has 0 fully saturated rings. The van der Waals surface area contributed by atoms with Crippen molar-refractivity contribution in [3.63, 3.8) is 0 Å². The van der Waals surface area contributed by atoms with Gasteiger partial charge >= 0.3 is 11.7 Å². The van der Waals surface area contributed by atoms with E-state index in [4.69, 9.17) is 9.15 Å². The molecule has 0 spiro atoms. The molecule has 1 N–H and O–H groups in total. The van der Waals surface area contributed by atoms with E-state index in [1.807, 2.05) is 0 Å². The molecule has 2 heterocycles. The first-order valence-corrected chi connectivity index (χ1v) is 9.26. The molecule has 0 radical (unpaired) electrons. The number of rotatable bonds is 4. The van der Waals surface area contributed by atoms with Crippen LogP contribution in [0, 0.1) is 0 Å². The fourth-order valence-electron chi connectivity index (χ4n) is 3.44. The molecule has 0 atom stereocenters. The lowest BCUT2D eigenvalue weighted by atomic mass is 9.96. The largest absolute Gasteiger partial charge is 0.454 e. The predicted octanol–water partition coefficient (Wildman–Crippen LogP) is 1.90. The normalized spacial score (nSPS) is 14.9. The first-order chi connectivity index (χ1) is 14.3. The van der Waals surface area contributed by atoms with Gasteiger partial charge in [-0.1, -0.05) is 24.3 Å². The Bertz CT molecular complexity index is 1220. The van der Waals surface area contributed by atoms with Crippen LogP contribution in [0.2, 0.25) is 0 Å². The molecule has 0 saturated heterocycles. The van der Waals surface area contributed by atoms with Gasteiger partial charge in [0.05, 0.1) is 16.9 Å². The van der Waals surface area contributed by atoms with E-state index >= 15 is 0 Å². The van der Waals surface area contributed by atoms with Crippen LogP contribution < -0.4 is 16.0 Å². The highest BCUT2D eigenvalue weighted by Gasteiger charge is 2.43. The van der Waals surface area contributed by atoms with Crippen molar-refractivity contribution in [3.8, 4) is 0 Å². The van der Waals surface area contributed by atoms with Crippen molar-refractivity contribution in [2.24, 2.45) is 0 Å². The Morgan fingerprint density at radius 3 is 2.57 bits per heavy atom. The fraction of sp³-hybridized carbons (Fsp3) is 0.238. The van der Waals surface area contributed by atoms with Crippen LogP contribution >= 0.6 is 0 Å². The van der Waals surface area contributed by atoms with Crippen LogP contribution in [0.3, 0.4) is 0 Å². The highest BCUT2D eigenvalue weighted by Crippen LogP contribution is 2.36. The van der Waals surface area contributed by atoms with Gasteiger partial charge in [-0.15, -0.1) is 0 Å². The van der Waals surface area contributed by atoms with Gasteiger partial charge < -0.3 is 14.5 Å². The van der Waals surface area contributed by atoms with Gasteiger partial charge in [0.15, 0.2) is 12.2 Å². The second-order valence-electron chi connectivity index (χ2n) is 7.34. The third-order valence-corrected chi connectivity index (χ3v) is 4.97. The van der Waals surface area contributed by atoms with Gasteiger partial charge in [0.2, 0.25) is 5.91 Å². The van der Waals surface area contributed by atoms with Crippen molar-refractivity contribution in [2.75, 3.05) is 16.8 Å². The summed E-state index contributed by atoms with van der Waals surface area (Å²) in [5.41, 5.74) is 0.644. The third kappa shape index (κ3) is 3.24. The molecule has 9 nitrogen and oxygen atoms in total. The lowest BCUT2D eigenvalue weighted by Crippen LogP contribution is -2.59. The number of fused-ring (bicyclic) bond motifs is 2. The molecule has 3 aromatic rings. The van der Waals surface area contributed by atoms with Gasteiger partial charge in [-0.25, -0.2) is 4.79 Å². The maximum Gasteiger partial charge on any atom is 0.420 e. The fourth-order valence-corrected chi connectivity index (χ4v) is 3.44. The van der Waals surface area contributed by atoms with Gasteiger partial charge in [0.1, 0.15) is 12.1 Å². The molecule has 154 valence electrons. The van der Waals surface area contributed by atoms with Crippen LogP contribution in [0.5, 0.6) is 0 Å². The molecule has 30 heavy (non-hydrogen) atoms. The number of amides is 2. The second-order valence-corrected chi connectivity index (χ2v) is 7.34. The summed E-state index contributed by atoms with van der Waals surface area (Å²) in [6.45, 7) is 2.24. The summed E-state index contributed by atoms with van der Waals surface area (Å²) < 4.78 is 11.3. The smallest absolute Gasteiger partial charge is 0.420 e. The number of carbonyl (C=O) groups excluding carboxylic acids is 3. The lowest BCUT2D eigenvalue weighted by Gasteiger charge is -2.41. The quantitative estimate of drug-likeness (QED) is 0.659. The summed E-state index contributed by atoms with van der Waals surface area (Å²) in [5.74, 6) is -2.37. The van der Waals surface area contributed by atoms with Gasteiger partial charge in [-0.05, 0) is 38.1 Å². The van der Waals surface area contributed by atoms with Gasteiger partial charge in [-0.2, -0.15) is 0 Å². The van der Waals surface area contributed by atoms with Gasteiger partial charge in [0, 0.05) is 0 Å². The molecule has 0 bridgehead atoms. The number of nitrogens with one attached hydrogen (secondary N) is 1. The zero-order valence-corrected chi connectivity index (χ0v) is 16.4. The van der Waals surface area contributed by atoms with E-state index in [1.54, 1.807) is 62.4 Å². The van der Waals surface area contributed by atoms with Crippen LogP contribution in [0.25, 0.3) is 11.1 Å². The van der Waals surface area contributed by atoms with Crippen molar-refractivity contribution < 1.29 is 23.5 Å². The van der Waals surface area contributed by atoms with Crippen LogP contribution in [-0.2, 0) is 25.7 Å². The number of esters is 1. The number of hydrogen-bond acceptors (Lipinski definition) is 6. The zero-order chi connectivity index (χ0) is 21.5. The van der Waals surface area contributed by atoms with Crippen molar-refractivity contribution in [1.82, 2.24) is 4.57 Å². The molecule has 0 saturated carbocycles. The molecule has 4 rings (SSSR count). The van der Waals surface area contributed by atoms with E-state index in [-0.39, 0.29) is 5.91 Å². The van der Waals surface area contributed by atoms with Crippen molar-refractivity contribution in [3.05, 3.63) is 59.1 Å². The Morgan fingerprint density at radius 2 is 1.77 bits per heavy atom. The average Bonchev–Trinajstić information content (AvgIpc) is 3.02. The van der Waals surface area contributed by atoms with Crippen molar-refractivity contribution in [1.29, 1.82) is 0 Å². The summed E-state index contributed by atoms with van der Waals surface area (Å²) in [5, 5.41) is 2.76. The lowest BCUT2D eigenvalue weighted by molar-refractivity contribution is -0.148. The van der Waals surface area contributed by atoms with E-state index in [0.29, 0.717) is 22.5 Å². The molecule has 2 amide bonds. The van der Waals surface area contributed by atoms with E-state index < -0.39 is 36.3 Å². The van der Waals surface area contributed by atoms with E-state index in [0.717, 1.165) is 4.57 Å². The molecule has 2 aromatic carbocycles. The Morgan fingerprint density at radius 1 is 1.07 bits per heavy atom. The topological polar surface area (TPSA) is 111 Å². The predicted molar refractivity (Wildman–Crippen MR) is 108 cm³/mol. The molecule has 1 aliphatic rings. The molecular formula is C21H19N3O6. The Hall–Kier alpha value is -3.88. The molecule has 1 aromatic heterocycles. The van der Waals surface area contributed by atoms with E-state index in [1.165, 1.54) is 4.90 Å². The second kappa shape index (κ2) is 7.18. The number of oxazole rings is 1. The molecule has 0 aliphatic carbocycles. The Labute approximate surface area is 170 Å². The number of para-hydroxylation sites is 4. The number of anilines is 2. The molecule has 9 heteroatoms. The van der Waals surface area contributed by atoms with Crippen LogP contribution in [0.15, 0.2) is 57.7 Å². The molecule has 1 aliphatic heterocycles. The summed E-state index contributed by atoms with van der Waals surface area (Å²) in [6, 6.07) is 13.6. The highest BCUT2D eigenvalue weighted by atomic mass is 16.5. The number of hydrogen-bond donors (Lipinski definition) is 1. The minimum absolute atomic E-state index is 0.350. The van der Waals surface area contributed by atoms with Crippen molar-refractivity contribution in [2.45, 2.75) is 25.9 Å². The number of ether oxygens (including phenoxy) is 1. The number of aromatic nitrogens is 1. The number of nitrogens with zero attached hydrogens (tertiary/aromatic N) is 2. The maximum atomic E-state index is 12.9. The highest BCUT2D eigenvalue weighted by molar-refractivity contribution is 6.14. The minimum Gasteiger partial charge on any atom is -0.454 e. The van der Waals surface area contributed by atoms with Gasteiger partial charge in [-0.3, -0.25) is 23.9 Å². The summed E-state index contributed by atoms with van der Waals surface area (Å²) >= 11 is 0. The minimum atomic E-state index is -1.17. The van der Waals surface area contributed by atoms with E-state index in [9.17, 15) is 19.2 Å². The standard InChI is InChI=1S/C21H19N3O6/c1-21(2)19(27)22-13-7-3-4-8-14(13)24(21)17(25)12-29-18(26)11-23-15-9-5-6-10-16(15)30-20(23)28/h3-10H,11-12H2,1-2H3,(H,22,27). The Kier molecular flexibility index (Phi) is 4.65. The summed E-state index contributed by atoms with van der Waals surface area (Å²) in [6.07, 6.45) is 0. The first kappa shape index (κ1) is 19.4. The van der Waals surface area contributed by atoms with Crippen LogP contribution in [-0.4, -0.2) is 34.5 Å². The van der Waals surface area contributed by atoms with E-state index in [2.05, 4.69) is 5.32 Å². The zero-order valence-electron chi connectivity index (χ0n) is 16.4. The SMILES string of the molecule is CC1(C)C(=O)Nc2ccccc2N1C(=O)COC(=O)Cn1c(=O)oc2ccccc21. The van der Waals surface area contributed by atoms with Crippen molar-refractivity contribution >= 4 is 40.3 Å². The monoisotopic (exact) mass is 409 g/mol. The maximum absolute atomic E-state index is 12.9. The first-order valence-electron chi connectivity index (χ1n) is 9.26. The number of benzene rings is 2. The summed E-state index contributed by atoms with van der Waals surface area (Å²) in [7, 11) is 0. The Balaban J connectivity index is 1.50. The molecular weight excluding hydrogens is 390 g/mol. The summed E-state index contributed by atoms with van der Waals surface area (Å²) in [4.78, 5) is 50.9. The number of carbonyl (C=O) groups is 3. The van der Waals surface area contributed by atoms with Crippen LogP contribution in [0.1, 0.15) is 13.8 Å².